The number of fused-ring (bicyclic) bond motifs is 1. The van der Waals surface area contributed by atoms with Crippen molar-refractivity contribution < 1.29 is 23.5 Å². The van der Waals surface area contributed by atoms with Crippen LogP contribution in [0.4, 0.5) is 0 Å². The Morgan fingerprint density at radius 2 is 1.90 bits per heavy atom. The van der Waals surface area contributed by atoms with Gasteiger partial charge >= 0.3 is 11.6 Å². The fraction of sp³-hybridized carbons (Fsp3) is 0.227. The van der Waals surface area contributed by atoms with Crippen molar-refractivity contribution in [3.05, 3.63) is 69.0 Å². The fourth-order valence-electron chi connectivity index (χ4n) is 2.56. The lowest BCUT2D eigenvalue weighted by atomic mass is 10.1. The second-order valence-corrected chi connectivity index (χ2v) is 7.80. The van der Waals surface area contributed by atoms with Gasteiger partial charge in [-0.15, -0.1) is 0 Å². The Balaban J connectivity index is 1.70. The first kappa shape index (κ1) is 21.6. The summed E-state index contributed by atoms with van der Waals surface area (Å²) < 4.78 is 16.6. The summed E-state index contributed by atoms with van der Waals surface area (Å²) in [5, 5.41) is 3.22. The maximum Gasteiger partial charge on any atom is 0.349 e. The zero-order valence-corrected chi connectivity index (χ0v) is 18.0. The molecule has 1 aromatic heterocycles. The van der Waals surface area contributed by atoms with Gasteiger partial charge in [0, 0.05) is 18.0 Å². The molecular weight excluding hydrogens is 454 g/mol. The summed E-state index contributed by atoms with van der Waals surface area (Å²) in [5.41, 5.74) is -0.628. The lowest BCUT2D eigenvalue weighted by Crippen LogP contribution is -2.31. The van der Waals surface area contributed by atoms with E-state index in [4.69, 9.17) is 13.9 Å². The van der Waals surface area contributed by atoms with E-state index >= 15 is 0 Å². The molecule has 0 spiro atoms. The molecule has 1 amide bonds. The molecule has 156 valence electrons. The lowest BCUT2D eigenvalue weighted by molar-refractivity contribution is -0.136. The molecule has 3 rings (SSSR count). The van der Waals surface area contributed by atoms with Crippen LogP contribution < -0.4 is 20.4 Å². The van der Waals surface area contributed by atoms with Gasteiger partial charge in [-0.1, -0.05) is 26.0 Å². The molecule has 0 aliphatic rings. The molecule has 0 atom stereocenters. The molecule has 1 N–H and O–H groups in total. The first-order chi connectivity index (χ1) is 14.3. The number of para-hydroxylation sites is 1. The number of carbonyl (C=O) groups is 2. The van der Waals surface area contributed by atoms with E-state index in [1.54, 1.807) is 30.3 Å². The number of benzene rings is 2. The molecule has 1 heterocycles. The van der Waals surface area contributed by atoms with Crippen molar-refractivity contribution >= 4 is 38.8 Å². The molecular formula is C22H20BrNO6. The first-order valence-corrected chi connectivity index (χ1v) is 10.1. The Labute approximate surface area is 181 Å². The van der Waals surface area contributed by atoms with Gasteiger partial charge in [0.2, 0.25) is 0 Å². The summed E-state index contributed by atoms with van der Waals surface area (Å²) in [6, 6.07) is 13.2. The van der Waals surface area contributed by atoms with Crippen LogP contribution in [0.15, 0.2) is 62.2 Å². The van der Waals surface area contributed by atoms with E-state index in [2.05, 4.69) is 21.2 Å². The van der Waals surface area contributed by atoms with E-state index in [0.717, 1.165) is 4.47 Å². The molecule has 3 aromatic rings. The van der Waals surface area contributed by atoms with E-state index in [-0.39, 0.29) is 29.4 Å². The minimum absolute atomic E-state index is 0.0743. The van der Waals surface area contributed by atoms with Gasteiger partial charge in [-0.2, -0.15) is 0 Å². The van der Waals surface area contributed by atoms with Crippen molar-refractivity contribution in [2.24, 2.45) is 5.92 Å². The SMILES string of the molecule is CC(C)CNC(=O)c1cc2ccc(OC(=O)COc3ccccc3Br)cc2oc1=O. The largest absolute Gasteiger partial charge is 0.481 e. The minimum Gasteiger partial charge on any atom is -0.481 e. The van der Waals surface area contributed by atoms with Gasteiger partial charge < -0.3 is 19.2 Å². The quantitative estimate of drug-likeness (QED) is 0.317. The molecule has 30 heavy (non-hydrogen) atoms. The monoisotopic (exact) mass is 473 g/mol. The van der Waals surface area contributed by atoms with Crippen LogP contribution in [0.5, 0.6) is 11.5 Å². The molecule has 7 nitrogen and oxygen atoms in total. The zero-order chi connectivity index (χ0) is 21.7. The highest BCUT2D eigenvalue weighted by Gasteiger charge is 2.15. The summed E-state index contributed by atoms with van der Waals surface area (Å²) >= 11 is 3.33. The second kappa shape index (κ2) is 9.58. The molecule has 0 saturated carbocycles. The van der Waals surface area contributed by atoms with Gasteiger partial charge in [0.15, 0.2) is 6.61 Å². The standard InChI is InChI=1S/C22H20BrNO6/c1-13(2)11-24-21(26)16-9-14-7-8-15(10-19(14)30-22(16)27)29-20(25)12-28-18-6-4-3-5-17(18)23/h3-10,13H,11-12H2,1-2H3,(H,24,26). The highest BCUT2D eigenvalue weighted by Crippen LogP contribution is 2.24. The Morgan fingerprint density at radius 3 is 2.63 bits per heavy atom. The predicted molar refractivity (Wildman–Crippen MR) is 115 cm³/mol. The summed E-state index contributed by atoms with van der Waals surface area (Å²) in [4.78, 5) is 36.4. The average Bonchev–Trinajstić information content (AvgIpc) is 2.71. The highest BCUT2D eigenvalue weighted by molar-refractivity contribution is 9.10. The summed E-state index contributed by atoms with van der Waals surface area (Å²) in [7, 11) is 0. The van der Waals surface area contributed by atoms with E-state index in [1.165, 1.54) is 12.1 Å². The minimum atomic E-state index is -0.760. The van der Waals surface area contributed by atoms with E-state index in [9.17, 15) is 14.4 Å². The number of ether oxygens (including phenoxy) is 2. The maximum absolute atomic E-state index is 12.2. The van der Waals surface area contributed by atoms with E-state index in [1.807, 2.05) is 19.9 Å². The first-order valence-electron chi connectivity index (χ1n) is 9.27. The number of esters is 1. The molecule has 0 aliphatic heterocycles. The van der Waals surface area contributed by atoms with Crippen LogP contribution in [0.1, 0.15) is 24.2 Å². The molecule has 2 aromatic carbocycles. The molecule has 0 aliphatic carbocycles. The van der Waals surface area contributed by atoms with Crippen LogP contribution in [0.2, 0.25) is 0 Å². The molecule has 0 bridgehead atoms. The lowest BCUT2D eigenvalue weighted by Gasteiger charge is -2.09. The zero-order valence-electron chi connectivity index (χ0n) is 16.4. The predicted octanol–water partition coefficient (Wildman–Crippen LogP) is 3.93. The number of hydrogen-bond donors (Lipinski definition) is 1. The maximum atomic E-state index is 12.2. The number of nitrogens with one attached hydrogen (secondary N) is 1. The third-order valence-electron chi connectivity index (χ3n) is 4.04. The number of amides is 1. The summed E-state index contributed by atoms with van der Waals surface area (Å²) in [5.74, 6) is -0.132. The third kappa shape index (κ3) is 5.48. The summed E-state index contributed by atoms with van der Waals surface area (Å²) in [6.45, 7) is 4.07. The van der Waals surface area contributed by atoms with Crippen LogP contribution in [-0.2, 0) is 4.79 Å². The molecule has 0 unspecified atom stereocenters. The van der Waals surface area contributed by atoms with Crippen molar-refractivity contribution in [2.45, 2.75) is 13.8 Å². The van der Waals surface area contributed by atoms with E-state index < -0.39 is 17.5 Å². The number of halogens is 1. The van der Waals surface area contributed by atoms with Gasteiger partial charge in [0.1, 0.15) is 22.6 Å². The average molecular weight is 474 g/mol. The number of hydrogen-bond acceptors (Lipinski definition) is 6. The van der Waals surface area contributed by atoms with Gasteiger partial charge in [-0.25, -0.2) is 9.59 Å². The molecule has 0 saturated heterocycles. The Morgan fingerprint density at radius 1 is 1.13 bits per heavy atom. The Hall–Kier alpha value is -3.13. The normalized spacial score (nSPS) is 10.8. The van der Waals surface area contributed by atoms with Crippen molar-refractivity contribution in [1.29, 1.82) is 0 Å². The van der Waals surface area contributed by atoms with Crippen molar-refractivity contribution in [3.63, 3.8) is 0 Å². The topological polar surface area (TPSA) is 94.8 Å². The van der Waals surface area contributed by atoms with Gasteiger partial charge in [0.25, 0.3) is 5.91 Å². The van der Waals surface area contributed by atoms with Gasteiger partial charge in [-0.3, -0.25) is 4.79 Å². The molecule has 0 radical (unpaired) electrons. The molecule has 8 heteroatoms. The molecule has 0 fully saturated rings. The Bertz CT molecular complexity index is 1140. The van der Waals surface area contributed by atoms with Crippen LogP contribution in [0.25, 0.3) is 11.0 Å². The van der Waals surface area contributed by atoms with Gasteiger partial charge in [0.05, 0.1) is 4.47 Å². The number of carbonyl (C=O) groups excluding carboxylic acids is 2. The van der Waals surface area contributed by atoms with Crippen molar-refractivity contribution in [2.75, 3.05) is 13.2 Å². The van der Waals surface area contributed by atoms with Crippen LogP contribution >= 0.6 is 15.9 Å². The second-order valence-electron chi connectivity index (χ2n) is 6.94. The summed E-state index contributed by atoms with van der Waals surface area (Å²) in [6.07, 6.45) is 0. The van der Waals surface area contributed by atoms with E-state index in [0.29, 0.717) is 17.7 Å². The van der Waals surface area contributed by atoms with Crippen LogP contribution in [0.3, 0.4) is 0 Å². The fourth-order valence-corrected chi connectivity index (χ4v) is 2.96. The van der Waals surface area contributed by atoms with Crippen molar-refractivity contribution in [1.82, 2.24) is 5.32 Å². The third-order valence-corrected chi connectivity index (χ3v) is 4.69. The van der Waals surface area contributed by atoms with Crippen molar-refractivity contribution in [3.8, 4) is 11.5 Å². The van der Waals surface area contributed by atoms with Crippen LogP contribution in [-0.4, -0.2) is 25.0 Å². The highest BCUT2D eigenvalue weighted by atomic mass is 79.9. The Kier molecular flexibility index (Phi) is 6.89. The number of rotatable bonds is 7. The van der Waals surface area contributed by atoms with Gasteiger partial charge in [-0.05, 0) is 52.2 Å². The van der Waals surface area contributed by atoms with Crippen LogP contribution in [0, 0.1) is 5.92 Å². The smallest absolute Gasteiger partial charge is 0.349 e.